The number of hydrogen-bond acceptors (Lipinski definition) is 7. The molecule has 3 N–H and O–H groups in total. The van der Waals surface area contributed by atoms with Gasteiger partial charge in [-0.15, -0.1) is 0 Å². The van der Waals surface area contributed by atoms with E-state index in [0.29, 0.717) is 24.4 Å². The fourth-order valence-corrected chi connectivity index (χ4v) is 2.16. The summed E-state index contributed by atoms with van der Waals surface area (Å²) in [4.78, 5) is 26.7. The smallest absolute Gasteiger partial charge is 0.239 e. The van der Waals surface area contributed by atoms with Crippen LogP contribution in [0.4, 0.5) is 17.8 Å². The van der Waals surface area contributed by atoms with Gasteiger partial charge in [0.05, 0.1) is 6.54 Å². The van der Waals surface area contributed by atoms with Gasteiger partial charge in [-0.2, -0.15) is 15.0 Å². The number of carbonyl (C=O) groups excluding carboxylic acids is 1. The van der Waals surface area contributed by atoms with Crippen LogP contribution in [-0.2, 0) is 4.79 Å². The van der Waals surface area contributed by atoms with Gasteiger partial charge in [-0.1, -0.05) is 0 Å². The fraction of sp³-hybridized carbons (Fsp3) is 0.692. The number of nitrogens with zero attached hydrogens (tertiary/aromatic N) is 4. The molecule has 0 radical (unpaired) electrons. The van der Waals surface area contributed by atoms with Crippen molar-refractivity contribution in [2.24, 2.45) is 0 Å². The Hall–Kier alpha value is -2.12. The molecule has 0 aromatic carbocycles. The molecule has 1 fully saturated rings. The van der Waals surface area contributed by atoms with E-state index in [2.05, 4.69) is 35.8 Å². The molecule has 1 aliphatic rings. The van der Waals surface area contributed by atoms with E-state index in [0.717, 1.165) is 32.5 Å². The van der Waals surface area contributed by atoms with E-state index < -0.39 is 0 Å². The van der Waals surface area contributed by atoms with Crippen LogP contribution in [0.1, 0.15) is 26.7 Å². The van der Waals surface area contributed by atoms with Gasteiger partial charge in [0.25, 0.3) is 0 Å². The van der Waals surface area contributed by atoms with Crippen LogP contribution in [0.3, 0.4) is 0 Å². The summed E-state index contributed by atoms with van der Waals surface area (Å²) < 4.78 is 0. The molecule has 1 aromatic rings. The fourth-order valence-electron chi connectivity index (χ4n) is 2.16. The maximum Gasteiger partial charge on any atom is 0.239 e. The first-order chi connectivity index (χ1) is 10.2. The third kappa shape index (κ3) is 4.44. The molecule has 1 saturated heterocycles. The van der Waals surface area contributed by atoms with Crippen LogP contribution in [0.5, 0.6) is 0 Å². The molecule has 0 aliphatic carbocycles. The van der Waals surface area contributed by atoms with Gasteiger partial charge in [0.15, 0.2) is 0 Å². The van der Waals surface area contributed by atoms with E-state index in [-0.39, 0.29) is 12.5 Å². The van der Waals surface area contributed by atoms with Crippen molar-refractivity contribution in [3.05, 3.63) is 0 Å². The number of amides is 1. The van der Waals surface area contributed by atoms with Crippen molar-refractivity contribution < 1.29 is 4.79 Å². The van der Waals surface area contributed by atoms with Gasteiger partial charge in [0.2, 0.25) is 23.8 Å². The number of rotatable bonds is 7. The molecule has 8 nitrogen and oxygen atoms in total. The Balaban J connectivity index is 2.09. The van der Waals surface area contributed by atoms with Crippen molar-refractivity contribution in [3.8, 4) is 0 Å². The minimum Gasteiger partial charge on any atom is -0.355 e. The Morgan fingerprint density at radius 1 is 1.05 bits per heavy atom. The lowest BCUT2D eigenvalue weighted by atomic mass is 10.4. The lowest BCUT2D eigenvalue weighted by molar-refractivity contribution is -0.119. The van der Waals surface area contributed by atoms with E-state index in [1.54, 1.807) is 0 Å². The van der Waals surface area contributed by atoms with Crippen molar-refractivity contribution in [1.82, 2.24) is 20.3 Å². The second-order valence-electron chi connectivity index (χ2n) is 4.81. The van der Waals surface area contributed by atoms with Crippen LogP contribution in [0.15, 0.2) is 0 Å². The first-order valence-electron chi connectivity index (χ1n) is 7.48. The number of hydrogen-bond donors (Lipinski definition) is 3. The molecule has 0 bridgehead atoms. The molecule has 2 rings (SSSR count). The number of aromatic nitrogens is 3. The van der Waals surface area contributed by atoms with Crippen LogP contribution in [0, 0.1) is 0 Å². The highest BCUT2D eigenvalue weighted by atomic mass is 16.1. The molecule has 0 saturated carbocycles. The van der Waals surface area contributed by atoms with Crippen LogP contribution in [0.25, 0.3) is 0 Å². The van der Waals surface area contributed by atoms with Gasteiger partial charge in [0.1, 0.15) is 0 Å². The van der Waals surface area contributed by atoms with Crippen LogP contribution < -0.4 is 20.9 Å². The average molecular weight is 293 g/mol. The summed E-state index contributed by atoms with van der Waals surface area (Å²) in [7, 11) is 0. The van der Waals surface area contributed by atoms with E-state index in [9.17, 15) is 4.79 Å². The summed E-state index contributed by atoms with van der Waals surface area (Å²) in [6, 6.07) is 0. The molecule has 1 aromatic heterocycles. The molecule has 1 amide bonds. The third-order valence-corrected chi connectivity index (χ3v) is 3.13. The summed E-state index contributed by atoms with van der Waals surface area (Å²) in [5.74, 6) is 1.55. The number of nitrogens with one attached hydrogen (secondary N) is 3. The van der Waals surface area contributed by atoms with E-state index in [1.807, 2.05) is 13.8 Å². The maximum atomic E-state index is 11.5. The molecule has 0 spiro atoms. The standard InChI is InChI=1S/C13H23N7O/c1-3-14-10(21)9-16-12-17-11(15-4-2)18-13(19-12)20-7-5-6-8-20/h3-9H2,1-2H3,(H,14,21)(H2,15,16,17,18,19). The predicted octanol–water partition coefficient (Wildman–Crippen LogP) is 0.452. The van der Waals surface area contributed by atoms with Crippen molar-refractivity contribution in [2.45, 2.75) is 26.7 Å². The van der Waals surface area contributed by atoms with Gasteiger partial charge >= 0.3 is 0 Å². The monoisotopic (exact) mass is 293 g/mol. The van der Waals surface area contributed by atoms with Gasteiger partial charge in [-0.25, -0.2) is 0 Å². The Morgan fingerprint density at radius 3 is 2.33 bits per heavy atom. The lowest BCUT2D eigenvalue weighted by Crippen LogP contribution is -2.30. The topological polar surface area (TPSA) is 95.1 Å². The van der Waals surface area contributed by atoms with Gasteiger partial charge in [-0.3, -0.25) is 4.79 Å². The molecule has 21 heavy (non-hydrogen) atoms. The zero-order valence-corrected chi connectivity index (χ0v) is 12.6. The zero-order chi connectivity index (χ0) is 15.1. The zero-order valence-electron chi connectivity index (χ0n) is 12.6. The summed E-state index contributed by atoms with van der Waals surface area (Å²) in [5, 5.41) is 8.77. The average Bonchev–Trinajstić information content (AvgIpc) is 3.00. The lowest BCUT2D eigenvalue weighted by Gasteiger charge is -2.17. The summed E-state index contributed by atoms with van der Waals surface area (Å²) in [5.41, 5.74) is 0. The van der Waals surface area contributed by atoms with Gasteiger partial charge in [-0.05, 0) is 26.7 Å². The molecule has 0 unspecified atom stereocenters. The number of carbonyl (C=O) groups is 1. The van der Waals surface area contributed by atoms with Crippen molar-refractivity contribution in [3.63, 3.8) is 0 Å². The highest BCUT2D eigenvalue weighted by Gasteiger charge is 2.17. The highest BCUT2D eigenvalue weighted by molar-refractivity contribution is 5.80. The second kappa shape index (κ2) is 7.61. The normalized spacial score (nSPS) is 14.1. The van der Waals surface area contributed by atoms with Crippen molar-refractivity contribution in [1.29, 1.82) is 0 Å². The largest absolute Gasteiger partial charge is 0.355 e. The molecule has 0 atom stereocenters. The molecule has 2 heterocycles. The van der Waals surface area contributed by atoms with Gasteiger partial charge in [0, 0.05) is 26.2 Å². The Bertz CT molecular complexity index is 474. The van der Waals surface area contributed by atoms with Crippen LogP contribution in [-0.4, -0.2) is 53.6 Å². The van der Waals surface area contributed by atoms with Crippen LogP contribution in [0.2, 0.25) is 0 Å². The molecular weight excluding hydrogens is 270 g/mol. The quantitative estimate of drug-likeness (QED) is 0.672. The SMILES string of the molecule is CCNC(=O)CNc1nc(NCC)nc(N2CCCC2)n1. The molecular formula is C13H23N7O. The Morgan fingerprint density at radius 2 is 1.71 bits per heavy atom. The maximum absolute atomic E-state index is 11.5. The molecule has 116 valence electrons. The minimum absolute atomic E-state index is 0.0781. The number of anilines is 3. The predicted molar refractivity (Wildman–Crippen MR) is 82.6 cm³/mol. The first-order valence-corrected chi connectivity index (χ1v) is 7.48. The molecule has 1 aliphatic heterocycles. The molecule has 8 heteroatoms. The van der Waals surface area contributed by atoms with E-state index >= 15 is 0 Å². The highest BCUT2D eigenvalue weighted by Crippen LogP contribution is 2.18. The Kier molecular flexibility index (Phi) is 5.53. The summed E-state index contributed by atoms with van der Waals surface area (Å²) in [6.45, 7) is 7.30. The van der Waals surface area contributed by atoms with Gasteiger partial charge < -0.3 is 20.9 Å². The summed E-state index contributed by atoms with van der Waals surface area (Å²) in [6.07, 6.45) is 2.31. The van der Waals surface area contributed by atoms with Crippen molar-refractivity contribution >= 4 is 23.8 Å². The van der Waals surface area contributed by atoms with Crippen LogP contribution >= 0.6 is 0 Å². The summed E-state index contributed by atoms with van der Waals surface area (Å²) >= 11 is 0. The van der Waals surface area contributed by atoms with E-state index in [1.165, 1.54) is 0 Å². The van der Waals surface area contributed by atoms with E-state index in [4.69, 9.17) is 0 Å². The third-order valence-electron chi connectivity index (χ3n) is 3.13. The second-order valence-corrected chi connectivity index (χ2v) is 4.81. The van der Waals surface area contributed by atoms with Crippen molar-refractivity contribution in [2.75, 3.05) is 48.3 Å². The minimum atomic E-state index is -0.0781. The first kappa shape index (κ1) is 15.3. The number of likely N-dealkylation sites (N-methyl/N-ethyl adjacent to an activating group) is 1. The Labute approximate surface area is 124 Å².